The zero-order valence-corrected chi connectivity index (χ0v) is 13.1. The van der Waals surface area contributed by atoms with Crippen molar-refractivity contribution in [3.63, 3.8) is 0 Å². The number of anilines is 1. The number of hydrogen-bond donors (Lipinski definition) is 3. The number of carbonyl (C=O) groups excluding carboxylic acids is 1. The van der Waals surface area contributed by atoms with Gasteiger partial charge < -0.3 is 16.2 Å². The van der Waals surface area contributed by atoms with E-state index in [1.807, 2.05) is 20.8 Å². The lowest BCUT2D eigenvalue weighted by atomic mass is 9.84. The monoisotopic (exact) mass is 328 g/mol. The van der Waals surface area contributed by atoms with Crippen LogP contribution >= 0.6 is 15.9 Å². The predicted octanol–water partition coefficient (Wildman–Crippen LogP) is 2.56. The molecule has 0 aromatic heterocycles. The van der Waals surface area contributed by atoms with Gasteiger partial charge in [0, 0.05) is 18.3 Å². The third-order valence-corrected chi connectivity index (χ3v) is 3.93. The van der Waals surface area contributed by atoms with Crippen LogP contribution in [-0.2, 0) is 0 Å². The van der Waals surface area contributed by atoms with Gasteiger partial charge in [0.25, 0.3) is 5.91 Å². The van der Waals surface area contributed by atoms with Crippen molar-refractivity contribution >= 4 is 27.5 Å². The fourth-order valence-electron chi connectivity index (χ4n) is 1.81. The normalized spacial score (nSPS) is 13.1. The number of benzene rings is 1. The second-order valence-electron chi connectivity index (χ2n) is 5.61. The maximum absolute atomic E-state index is 12.3. The van der Waals surface area contributed by atoms with E-state index in [1.165, 1.54) is 0 Å². The Labute approximate surface area is 122 Å². The first-order valence-corrected chi connectivity index (χ1v) is 7.02. The molecule has 5 heteroatoms. The number of halogens is 1. The maximum Gasteiger partial charge on any atom is 0.252 e. The van der Waals surface area contributed by atoms with E-state index in [4.69, 9.17) is 10.8 Å². The quantitative estimate of drug-likeness (QED) is 0.743. The molecule has 0 saturated carbocycles. The third kappa shape index (κ3) is 4.21. The van der Waals surface area contributed by atoms with Crippen LogP contribution in [0.25, 0.3) is 0 Å². The van der Waals surface area contributed by atoms with Crippen LogP contribution in [-0.4, -0.2) is 23.7 Å². The average molecular weight is 329 g/mol. The van der Waals surface area contributed by atoms with E-state index in [9.17, 15) is 4.79 Å². The zero-order chi connectivity index (χ0) is 14.6. The molecule has 0 aliphatic carbocycles. The number of nitrogens with one attached hydrogen (secondary N) is 1. The molecular formula is C14H21BrN2O2. The zero-order valence-electron chi connectivity index (χ0n) is 11.5. The van der Waals surface area contributed by atoms with Gasteiger partial charge in [0.2, 0.25) is 0 Å². The summed E-state index contributed by atoms with van der Waals surface area (Å²) >= 11 is 3.32. The van der Waals surface area contributed by atoms with Gasteiger partial charge in [0.05, 0.1) is 10.0 Å². The molecule has 0 bridgehead atoms. The number of hydrogen-bond acceptors (Lipinski definition) is 3. The molecule has 1 unspecified atom stereocenters. The highest BCUT2D eigenvalue weighted by molar-refractivity contribution is 9.10. The first kappa shape index (κ1) is 16.0. The molecule has 0 spiro atoms. The molecule has 0 heterocycles. The van der Waals surface area contributed by atoms with Gasteiger partial charge in [-0.1, -0.05) is 26.8 Å². The minimum atomic E-state index is -0.187. The Kier molecular flexibility index (Phi) is 5.38. The molecule has 0 fully saturated rings. The molecular weight excluding hydrogens is 308 g/mol. The number of aliphatic hydroxyl groups excluding tert-OH is 1. The van der Waals surface area contributed by atoms with E-state index in [1.54, 1.807) is 18.2 Å². The van der Waals surface area contributed by atoms with Crippen LogP contribution in [0.1, 0.15) is 37.6 Å². The van der Waals surface area contributed by atoms with Crippen LogP contribution in [0.5, 0.6) is 0 Å². The number of carbonyl (C=O) groups is 1. The van der Waals surface area contributed by atoms with E-state index in [-0.39, 0.29) is 24.0 Å². The summed E-state index contributed by atoms with van der Waals surface area (Å²) < 4.78 is 0.601. The molecule has 1 rings (SSSR count). The van der Waals surface area contributed by atoms with Crippen LogP contribution in [0.4, 0.5) is 5.69 Å². The minimum absolute atomic E-state index is 0.0420. The lowest BCUT2D eigenvalue weighted by Gasteiger charge is -2.31. The molecule has 0 aliphatic heterocycles. The number of aliphatic hydroxyl groups is 1. The standard InChI is InChI=1S/C14H21BrN2O2/c1-14(2,3)11(7-8-18)17-13(19)9-5-4-6-10(16)12(9)15/h4-6,11,18H,7-8,16H2,1-3H3,(H,17,19). The Morgan fingerprint density at radius 3 is 2.63 bits per heavy atom. The maximum atomic E-state index is 12.3. The van der Waals surface area contributed by atoms with Crippen LogP contribution in [0, 0.1) is 5.41 Å². The molecule has 0 radical (unpaired) electrons. The summed E-state index contributed by atoms with van der Waals surface area (Å²) in [4.78, 5) is 12.3. The highest BCUT2D eigenvalue weighted by Crippen LogP contribution is 2.26. The summed E-state index contributed by atoms with van der Waals surface area (Å²) in [6, 6.07) is 5.09. The highest BCUT2D eigenvalue weighted by atomic mass is 79.9. The second kappa shape index (κ2) is 6.39. The topological polar surface area (TPSA) is 75.3 Å². The Balaban J connectivity index is 2.91. The Morgan fingerprint density at radius 2 is 2.11 bits per heavy atom. The van der Waals surface area contributed by atoms with Crippen LogP contribution in [0.15, 0.2) is 22.7 Å². The van der Waals surface area contributed by atoms with E-state index >= 15 is 0 Å². The van der Waals surface area contributed by atoms with Crippen molar-refractivity contribution in [1.82, 2.24) is 5.32 Å². The first-order chi connectivity index (χ1) is 8.77. The largest absolute Gasteiger partial charge is 0.398 e. The fourth-order valence-corrected chi connectivity index (χ4v) is 2.26. The Bertz CT molecular complexity index is 455. The molecule has 1 atom stereocenters. The Hall–Kier alpha value is -1.07. The van der Waals surface area contributed by atoms with Crippen molar-refractivity contribution in [3.8, 4) is 0 Å². The molecule has 1 amide bonds. The summed E-state index contributed by atoms with van der Waals surface area (Å²) in [5.41, 5.74) is 6.68. The molecule has 4 N–H and O–H groups in total. The van der Waals surface area contributed by atoms with Crippen molar-refractivity contribution in [2.24, 2.45) is 5.41 Å². The van der Waals surface area contributed by atoms with Gasteiger partial charge in [0.15, 0.2) is 0 Å². The van der Waals surface area contributed by atoms with E-state index in [0.29, 0.717) is 22.1 Å². The number of amides is 1. The lowest BCUT2D eigenvalue weighted by molar-refractivity contribution is 0.0884. The van der Waals surface area contributed by atoms with Gasteiger partial charge in [-0.2, -0.15) is 0 Å². The van der Waals surface area contributed by atoms with Gasteiger partial charge in [-0.15, -0.1) is 0 Å². The molecule has 1 aromatic rings. The lowest BCUT2D eigenvalue weighted by Crippen LogP contribution is -2.44. The van der Waals surface area contributed by atoms with Gasteiger partial charge in [-0.3, -0.25) is 4.79 Å². The van der Waals surface area contributed by atoms with Gasteiger partial charge in [-0.05, 0) is 39.9 Å². The minimum Gasteiger partial charge on any atom is -0.398 e. The summed E-state index contributed by atoms with van der Waals surface area (Å²) in [5.74, 6) is -0.187. The van der Waals surface area contributed by atoms with Gasteiger partial charge >= 0.3 is 0 Å². The smallest absolute Gasteiger partial charge is 0.252 e. The van der Waals surface area contributed by atoms with Gasteiger partial charge in [-0.25, -0.2) is 0 Å². The first-order valence-electron chi connectivity index (χ1n) is 6.23. The third-order valence-electron chi connectivity index (χ3n) is 3.04. The summed E-state index contributed by atoms with van der Waals surface area (Å²) in [6.07, 6.45) is 0.523. The predicted molar refractivity (Wildman–Crippen MR) is 81.0 cm³/mol. The summed E-state index contributed by atoms with van der Waals surface area (Å²) in [6.45, 7) is 6.13. The van der Waals surface area contributed by atoms with Gasteiger partial charge in [0.1, 0.15) is 0 Å². The molecule has 19 heavy (non-hydrogen) atoms. The SMILES string of the molecule is CC(C)(C)C(CCO)NC(=O)c1cccc(N)c1Br. The molecule has 4 nitrogen and oxygen atoms in total. The van der Waals surface area contributed by atoms with Crippen molar-refractivity contribution in [2.75, 3.05) is 12.3 Å². The van der Waals surface area contributed by atoms with Crippen molar-refractivity contribution in [3.05, 3.63) is 28.2 Å². The van der Waals surface area contributed by atoms with Crippen molar-refractivity contribution in [2.45, 2.75) is 33.2 Å². The number of nitrogens with two attached hydrogens (primary N) is 1. The fraction of sp³-hybridized carbons (Fsp3) is 0.500. The van der Waals surface area contributed by atoms with Crippen LogP contribution < -0.4 is 11.1 Å². The molecule has 0 saturated heterocycles. The molecule has 0 aliphatic rings. The van der Waals surface area contributed by atoms with E-state index in [0.717, 1.165) is 0 Å². The number of rotatable bonds is 4. The number of nitrogen functional groups attached to an aromatic ring is 1. The average Bonchev–Trinajstić information content (AvgIpc) is 2.30. The molecule has 106 valence electrons. The van der Waals surface area contributed by atoms with Crippen LogP contribution in [0.3, 0.4) is 0 Å². The summed E-state index contributed by atoms with van der Waals surface area (Å²) in [5, 5.41) is 12.1. The van der Waals surface area contributed by atoms with Crippen LogP contribution in [0.2, 0.25) is 0 Å². The van der Waals surface area contributed by atoms with Crippen molar-refractivity contribution in [1.29, 1.82) is 0 Å². The Morgan fingerprint density at radius 1 is 1.47 bits per heavy atom. The second-order valence-corrected chi connectivity index (χ2v) is 6.41. The van der Waals surface area contributed by atoms with Crippen molar-refractivity contribution < 1.29 is 9.90 Å². The summed E-state index contributed by atoms with van der Waals surface area (Å²) in [7, 11) is 0. The van der Waals surface area contributed by atoms with E-state index in [2.05, 4.69) is 21.2 Å². The van der Waals surface area contributed by atoms with E-state index < -0.39 is 0 Å². The highest BCUT2D eigenvalue weighted by Gasteiger charge is 2.26. The molecule has 1 aromatic carbocycles.